The van der Waals surface area contributed by atoms with Crippen LogP contribution in [0.5, 0.6) is 0 Å². The molecule has 1 aliphatic rings. The van der Waals surface area contributed by atoms with E-state index in [9.17, 15) is 9.59 Å². The Bertz CT molecular complexity index is 1390. The fourth-order valence-electron chi connectivity index (χ4n) is 4.15. The van der Waals surface area contributed by atoms with Crippen molar-refractivity contribution in [2.75, 3.05) is 25.4 Å². The molecular weight excluding hydrogens is 456 g/mol. The number of nitrogens with zero attached hydrogens (tertiary/aromatic N) is 5. The summed E-state index contributed by atoms with van der Waals surface area (Å²) < 4.78 is 3.38. The first-order chi connectivity index (χ1) is 16.2. The van der Waals surface area contributed by atoms with Gasteiger partial charge in [0.25, 0.3) is 5.56 Å². The number of carbonyl (C=O) groups excluding carboxylic acids is 1. The number of rotatable bonds is 8. The summed E-state index contributed by atoms with van der Waals surface area (Å²) in [4.78, 5) is 29.2. The fourth-order valence-corrected chi connectivity index (χ4v) is 5.81. The topological polar surface area (TPSA) is 84.5 Å². The van der Waals surface area contributed by atoms with Gasteiger partial charge in [0.1, 0.15) is 0 Å². The van der Waals surface area contributed by atoms with Crippen LogP contribution in [0.3, 0.4) is 0 Å². The Balaban J connectivity index is 1.25. The molecule has 1 amide bonds. The van der Waals surface area contributed by atoms with Gasteiger partial charge in [-0.25, -0.2) is 0 Å². The van der Waals surface area contributed by atoms with Crippen molar-refractivity contribution in [2.45, 2.75) is 24.7 Å². The number of hydrogen-bond donors (Lipinski definition) is 1. The molecule has 0 bridgehead atoms. The molecule has 0 unspecified atom stereocenters. The molecule has 4 heterocycles. The summed E-state index contributed by atoms with van der Waals surface area (Å²) in [6.45, 7) is 7.50. The van der Waals surface area contributed by atoms with Gasteiger partial charge in [0, 0.05) is 37.6 Å². The van der Waals surface area contributed by atoms with E-state index in [2.05, 4.69) is 38.4 Å². The van der Waals surface area contributed by atoms with Gasteiger partial charge < -0.3 is 5.32 Å². The van der Waals surface area contributed by atoms with Gasteiger partial charge in [-0.1, -0.05) is 30.0 Å². The van der Waals surface area contributed by atoms with E-state index in [0.717, 1.165) is 31.6 Å². The monoisotopic (exact) mass is 480 g/mol. The number of amides is 1. The number of nitrogens with one attached hydrogen (secondary N) is 1. The molecule has 0 aliphatic carbocycles. The van der Waals surface area contributed by atoms with Crippen molar-refractivity contribution in [3.05, 3.63) is 69.2 Å². The van der Waals surface area contributed by atoms with E-state index in [-0.39, 0.29) is 17.2 Å². The summed E-state index contributed by atoms with van der Waals surface area (Å²) in [5, 5.41) is 14.8. The second-order valence-corrected chi connectivity index (χ2v) is 9.82. The quantitative estimate of drug-likeness (QED) is 0.308. The number of fused-ring (bicyclic) bond motifs is 4. The Kier molecular flexibility index (Phi) is 6.30. The Hall–Kier alpha value is -2.95. The Morgan fingerprint density at radius 3 is 3.03 bits per heavy atom. The zero-order chi connectivity index (χ0) is 22.8. The van der Waals surface area contributed by atoms with Gasteiger partial charge in [-0.2, -0.15) is 0 Å². The largest absolute Gasteiger partial charge is 0.354 e. The molecule has 0 fully saturated rings. The first kappa shape index (κ1) is 21.9. The molecule has 0 atom stereocenters. The van der Waals surface area contributed by atoms with E-state index in [1.165, 1.54) is 22.2 Å². The van der Waals surface area contributed by atoms with E-state index in [1.807, 2.05) is 33.9 Å². The van der Waals surface area contributed by atoms with Crippen LogP contribution in [0.2, 0.25) is 0 Å². The van der Waals surface area contributed by atoms with Crippen molar-refractivity contribution < 1.29 is 4.79 Å². The second-order valence-electron chi connectivity index (χ2n) is 7.87. The molecular formula is C23H24N6O2S2. The fraction of sp³-hybridized carbons (Fsp3) is 0.304. The molecule has 5 rings (SSSR count). The van der Waals surface area contributed by atoms with Gasteiger partial charge >= 0.3 is 0 Å². The van der Waals surface area contributed by atoms with Crippen LogP contribution in [0.25, 0.3) is 16.7 Å². The molecule has 33 heavy (non-hydrogen) atoms. The summed E-state index contributed by atoms with van der Waals surface area (Å²) in [7, 11) is 0. The lowest BCUT2D eigenvalue weighted by Crippen LogP contribution is -2.38. The van der Waals surface area contributed by atoms with Crippen LogP contribution in [0, 0.1) is 0 Å². The second kappa shape index (κ2) is 9.50. The van der Waals surface area contributed by atoms with Crippen molar-refractivity contribution in [1.29, 1.82) is 0 Å². The van der Waals surface area contributed by atoms with Gasteiger partial charge in [-0.05, 0) is 35.6 Å². The molecule has 10 heteroatoms. The SMILES string of the molecule is C=CCn1c(=O)c2ccccc2n2c(SCC(=O)NCCN3CCc4sccc4C3)nnc12. The van der Waals surface area contributed by atoms with E-state index < -0.39 is 0 Å². The van der Waals surface area contributed by atoms with Crippen LogP contribution in [-0.2, 0) is 24.3 Å². The number of thiophene rings is 1. The molecule has 8 nitrogen and oxygen atoms in total. The Morgan fingerprint density at radius 2 is 2.15 bits per heavy atom. The average Bonchev–Trinajstić information content (AvgIpc) is 3.47. The van der Waals surface area contributed by atoms with Crippen LogP contribution in [0.1, 0.15) is 10.4 Å². The van der Waals surface area contributed by atoms with Crippen molar-refractivity contribution in [2.24, 2.45) is 0 Å². The van der Waals surface area contributed by atoms with Gasteiger partial charge in [-0.3, -0.25) is 23.5 Å². The molecule has 0 saturated carbocycles. The summed E-state index contributed by atoms with van der Waals surface area (Å²) in [5.74, 6) is 0.623. The van der Waals surface area contributed by atoms with Gasteiger partial charge in [-0.15, -0.1) is 28.1 Å². The van der Waals surface area contributed by atoms with Crippen LogP contribution >= 0.6 is 23.1 Å². The highest BCUT2D eigenvalue weighted by atomic mass is 32.2. The number of carbonyl (C=O) groups is 1. The summed E-state index contributed by atoms with van der Waals surface area (Å²) >= 11 is 3.14. The number of hydrogen-bond acceptors (Lipinski definition) is 7. The molecule has 1 aromatic carbocycles. The highest BCUT2D eigenvalue weighted by molar-refractivity contribution is 7.99. The normalized spacial score (nSPS) is 13.9. The molecule has 0 spiro atoms. The zero-order valence-electron chi connectivity index (χ0n) is 18.1. The average molecular weight is 481 g/mol. The van der Waals surface area contributed by atoms with Crippen molar-refractivity contribution in [1.82, 2.24) is 29.4 Å². The van der Waals surface area contributed by atoms with Crippen LogP contribution < -0.4 is 10.9 Å². The highest BCUT2D eigenvalue weighted by Gasteiger charge is 2.18. The van der Waals surface area contributed by atoms with Gasteiger partial charge in [0.05, 0.1) is 16.7 Å². The first-order valence-corrected chi connectivity index (χ1v) is 12.7. The minimum Gasteiger partial charge on any atom is -0.354 e. The van der Waals surface area contributed by atoms with Crippen LogP contribution in [-0.4, -0.2) is 55.4 Å². The minimum atomic E-state index is -0.132. The van der Waals surface area contributed by atoms with Crippen molar-refractivity contribution in [3.8, 4) is 0 Å². The number of thioether (sulfide) groups is 1. The maximum Gasteiger partial charge on any atom is 0.263 e. The number of allylic oxidation sites excluding steroid dienone is 1. The summed E-state index contributed by atoms with van der Waals surface area (Å²) in [5.41, 5.74) is 2.00. The molecule has 0 saturated heterocycles. The summed E-state index contributed by atoms with van der Waals surface area (Å²) in [6, 6.07) is 9.56. The molecule has 1 N–H and O–H groups in total. The summed E-state index contributed by atoms with van der Waals surface area (Å²) in [6.07, 6.45) is 2.74. The standard InChI is InChI=1S/C23H24N6O2S2/c1-2-10-28-21(31)17-5-3-4-6-18(17)29-22(28)25-26-23(29)33-15-20(30)24-9-12-27-11-7-19-16(14-27)8-13-32-19/h2-6,8,13H,1,7,9-12,14-15H2,(H,24,30). The van der Waals surface area contributed by atoms with E-state index in [1.54, 1.807) is 16.7 Å². The number of aromatic nitrogens is 4. The minimum absolute atomic E-state index is 0.0475. The first-order valence-electron chi connectivity index (χ1n) is 10.8. The maximum atomic E-state index is 12.9. The third-order valence-corrected chi connectivity index (χ3v) is 7.71. The van der Waals surface area contributed by atoms with Crippen molar-refractivity contribution in [3.63, 3.8) is 0 Å². The third-order valence-electron chi connectivity index (χ3n) is 5.76. The molecule has 170 valence electrons. The van der Waals surface area contributed by atoms with Crippen LogP contribution in [0.15, 0.2) is 58.3 Å². The predicted molar refractivity (Wildman–Crippen MR) is 132 cm³/mol. The van der Waals surface area contributed by atoms with Crippen LogP contribution in [0.4, 0.5) is 0 Å². The van der Waals surface area contributed by atoms with Gasteiger partial charge in [0.2, 0.25) is 11.7 Å². The molecule has 3 aromatic heterocycles. The highest BCUT2D eigenvalue weighted by Crippen LogP contribution is 2.24. The smallest absolute Gasteiger partial charge is 0.263 e. The predicted octanol–water partition coefficient (Wildman–Crippen LogP) is 2.56. The van der Waals surface area contributed by atoms with Gasteiger partial charge in [0.15, 0.2) is 5.16 Å². The lowest BCUT2D eigenvalue weighted by atomic mass is 10.1. The van der Waals surface area contributed by atoms with E-state index >= 15 is 0 Å². The number of benzene rings is 1. The van der Waals surface area contributed by atoms with E-state index in [0.29, 0.717) is 29.4 Å². The molecule has 4 aromatic rings. The number of para-hydroxylation sites is 1. The third kappa shape index (κ3) is 4.33. The molecule has 1 aliphatic heterocycles. The molecule has 0 radical (unpaired) electrons. The lowest BCUT2D eigenvalue weighted by Gasteiger charge is -2.26. The maximum absolute atomic E-state index is 12.9. The Morgan fingerprint density at radius 1 is 1.27 bits per heavy atom. The van der Waals surface area contributed by atoms with E-state index in [4.69, 9.17) is 0 Å². The lowest BCUT2D eigenvalue weighted by molar-refractivity contribution is -0.118. The Labute approximate surface area is 198 Å². The zero-order valence-corrected chi connectivity index (χ0v) is 19.7. The van der Waals surface area contributed by atoms with Crippen molar-refractivity contribution >= 4 is 45.7 Å².